The lowest BCUT2D eigenvalue weighted by atomic mass is 10.1. The van der Waals surface area contributed by atoms with Crippen molar-refractivity contribution in [1.29, 1.82) is 5.41 Å². The second-order valence-electron chi connectivity index (χ2n) is 8.98. The number of piperazine rings is 1. The number of halogens is 1. The first-order valence-electron chi connectivity index (χ1n) is 11.3. The van der Waals surface area contributed by atoms with Crippen LogP contribution in [0.4, 0.5) is 4.39 Å². The van der Waals surface area contributed by atoms with Crippen LogP contribution < -0.4 is 10.7 Å². The molecule has 0 aromatic carbocycles. The number of hydrogen-bond donors (Lipinski definition) is 4. The van der Waals surface area contributed by atoms with Gasteiger partial charge in [-0.1, -0.05) is 11.7 Å². The average Bonchev–Trinajstić information content (AvgIpc) is 3.38. The summed E-state index contributed by atoms with van der Waals surface area (Å²) in [5.74, 6) is 0.798. The van der Waals surface area contributed by atoms with Gasteiger partial charge >= 0.3 is 0 Å². The average molecular weight is 471 g/mol. The van der Waals surface area contributed by atoms with Gasteiger partial charge in [-0.2, -0.15) is 5.10 Å². The van der Waals surface area contributed by atoms with Crippen LogP contribution in [0.2, 0.25) is 0 Å². The van der Waals surface area contributed by atoms with Crippen LogP contribution in [0.5, 0.6) is 0 Å². The van der Waals surface area contributed by atoms with Crippen molar-refractivity contribution >= 4 is 23.6 Å². The summed E-state index contributed by atoms with van der Waals surface area (Å²) in [5, 5.41) is 27.8. The molecular formula is C23H31FN8O2. The molecule has 4 N–H and O–H groups in total. The normalized spacial score (nSPS) is 25.7. The maximum atomic E-state index is 14.7. The standard InChI is InChI=1S/C23H31FN8O2/c1-4-20(34-23(3)5-6-23)17(24)11-16-12-19(29-28-16)18-13-21(27-14-26-18)31-7-9-32(10-8-31)22(30-33)15(2)25/h4,11,13-14,18,25,28,33H,1,5-10,12H2,2-3H3,(H,26,27)/b16-11+,20-17-,25-15?,30-22+/t18-/m1/s1. The Kier molecular flexibility index (Phi) is 6.71. The van der Waals surface area contributed by atoms with Crippen molar-refractivity contribution in [3.8, 4) is 0 Å². The van der Waals surface area contributed by atoms with Gasteiger partial charge in [-0.15, -0.1) is 0 Å². The predicted molar refractivity (Wildman–Crippen MR) is 130 cm³/mol. The lowest BCUT2D eigenvalue weighted by Gasteiger charge is -2.37. The summed E-state index contributed by atoms with van der Waals surface area (Å²) in [5.41, 5.74) is 4.32. The SMILES string of the molecule is C=C/C(OC1(C)CC1)=C(F)\C=C1/CC([C@H]2C=C(N3CCN(/C(=N/O)C(C)=N)CC3)N=CN2)=NN1. The minimum atomic E-state index is -0.472. The second-order valence-corrected chi connectivity index (χ2v) is 8.98. The van der Waals surface area contributed by atoms with Crippen molar-refractivity contribution in [3.63, 3.8) is 0 Å². The Morgan fingerprint density at radius 2 is 2.12 bits per heavy atom. The highest BCUT2D eigenvalue weighted by Crippen LogP contribution is 2.41. The van der Waals surface area contributed by atoms with Gasteiger partial charge in [0.15, 0.2) is 17.4 Å². The van der Waals surface area contributed by atoms with Crippen molar-refractivity contribution in [2.45, 2.75) is 44.8 Å². The van der Waals surface area contributed by atoms with E-state index in [1.54, 1.807) is 13.3 Å². The van der Waals surface area contributed by atoms with E-state index >= 15 is 0 Å². The lowest BCUT2D eigenvalue weighted by Crippen LogP contribution is -2.50. The van der Waals surface area contributed by atoms with Crippen molar-refractivity contribution < 1.29 is 14.3 Å². The zero-order chi connectivity index (χ0) is 24.3. The fourth-order valence-corrected chi connectivity index (χ4v) is 3.96. The summed E-state index contributed by atoms with van der Waals surface area (Å²) < 4.78 is 20.5. The molecule has 3 aliphatic heterocycles. The summed E-state index contributed by atoms with van der Waals surface area (Å²) in [6.45, 7) is 9.82. The molecule has 1 saturated heterocycles. The van der Waals surface area contributed by atoms with Gasteiger partial charge < -0.3 is 30.5 Å². The van der Waals surface area contributed by atoms with E-state index in [-0.39, 0.29) is 23.1 Å². The highest BCUT2D eigenvalue weighted by atomic mass is 19.1. The predicted octanol–water partition coefficient (Wildman–Crippen LogP) is 2.44. The number of amidine groups is 1. The highest BCUT2D eigenvalue weighted by Gasteiger charge is 2.40. The molecule has 0 bridgehead atoms. The van der Waals surface area contributed by atoms with E-state index in [4.69, 9.17) is 10.1 Å². The molecule has 1 atom stereocenters. The first kappa shape index (κ1) is 23.5. The lowest BCUT2D eigenvalue weighted by molar-refractivity contribution is 0.114. The van der Waals surface area contributed by atoms with Crippen LogP contribution in [0.15, 0.2) is 63.2 Å². The van der Waals surface area contributed by atoms with E-state index in [1.165, 1.54) is 12.2 Å². The van der Waals surface area contributed by atoms with Gasteiger partial charge in [-0.25, -0.2) is 9.38 Å². The Hall–Kier alpha value is -3.63. The van der Waals surface area contributed by atoms with Gasteiger partial charge in [0.05, 0.1) is 23.8 Å². The number of hydrazone groups is 1. The third kappa shape index (κ3) is 5.29. The molecule has 4 rings (SSSR count). The number of rotatable bonds is 7. The Labute approximate surface area is 198 Å². The minimum absolute atomic E-state index is 0.152. The number of nitrogens with zero attached hydrogens (tertiary/aromatic N) is 5. The largest absolute Gasteiger partial charge is 0.485 e. The maximum Gasteiger partial charge on any atom is 0.188 e. The molecule has 3 heterocycles. The van der Waals surface area contributed by atoms with Gasteiger partial charge in [0.25, 0.3) is 0 Å². The van der Waals surface area contributed by atoms with E-state index in [2.05, 4.69) is 37.5 Å². The topological polar surface area (TPSA) is 121 Å². The van der Waals surface area contributed by atoms with Crippen molar-refractivity contribution in [1.82, 2.24) is 20.5 Å². The molecule has 11 heteroatoms. The van der Waals surface area contributed by atoms with Crippen molar-refractivity contribution in [2.75, 3.05) is 26.2 Å². The molecule has 1 saturated carbocycles. The minimum Gasteiger partial charge on any atom is -0.485 e. The number of ether oxygens (including phenoxy) is 1. The van der Waals surface area contributed by atoms with Crippen LogP contribution in [0.1, 0.15) is 33.1 Å². The van der Waals surface area contributed by atoms with E-state index < -0.39 is 5.83 Å². The third-order valence-electron chi connectivity index (χ3n) is 6.21. The Bertz CT molecular complexity index is 1030. The van der Waals surface area contributed by atoms with E-state index in [9.17, 15) is 9.60 Å². The van der Waals surface area contributed by atoms with Gasteiger partial charge in [0.2, 0.25) is 0 Å². The Morgan fingerprint density at radius 3 is 2.74 bits per heavy atom. The molecule has 0 spiro atoms. The van der Waals surface area contributed by atoms with Crippen LogP contribution in [-0.4, -0.2) is 76.4 Å². The van der Waals surface area contributed by atoms with Crippen LogP contribution >= 0.6 is 0 Å². The molecule has 34 heavy (non-hydrogen) atoms. The van der Waals surface area contributed by atoms with Gasteiger partial charge in [-0.3, -0.25) is 5.43 Å². The van der Waals surface area contributed by atoms with Crippen molar-refractivity contribution in [3.05, 3.63) is 47.9 Å². The molecule has 2 fully saturated rings. The quantitative estimate of drug-likeness (QED) is 0.113. The fourth-order valence-electron chi connectivity index (χ4n) is 3.96. The molecule has 0 aromatic rings. The molecule has 0 amide bonds. The number of nitrogens with one attached hydrogen (secondary N) is 3. The molecular weight excluding hydrogens is 439 g/mol. The third-order valence-corrected chi connectivity index (χ3v) is 6.21. The molecule has 0 unspecified atom stereocenters. The number of aliphatic imine (C=N–C) groups is 1. The van der Waals surface area contributed by atoms with Crippen LogP contribution in [0.3, 0.4) is 0 Å². The van der Waals surface area contributed by atoms with Crippen LogP contribution in [0.25, 0.3) is 0 Å². The number of oxime groups is 1. The molecule has 182 valence electrons. The van der Waals surface area contributed by atoms with E-state index in [1.807, 2.05) is 17.9 Å². The highest BCUT2D eigenvalue weighted by molar-refractivity contribution is 6.38. The van der Waals surface area contributed by atoms with Gasteiger partial charge in [0, 0.05) is 38.3 Å². The van der Waals surface area contributed by atoms with Crippen LogP contribution in [0, 0.1) is 5.41 Å². The summed E-state index contributed by atoms with van der Waals surface area (Å²) in [7, 11) is 0. The zero-order valence-corrected chi connectivity index (χ0v) is 19.5. The van der Waals surface area contributed by atoms with Crippen LogP contribution in [-0.2, 0) is 4.74 Å². The summed E-state index contributed by atoms with van der Waals surface area (Å²) >= 11 is 0. The molecule has 0 radical (unpaired) electrons. The molecule has 10 nitrogen and oxygen atoms in total. The number of allylic oxidation sites excluding steroid dienone is 4. The summed E-state index contributed by atoms with van der Waals surface area (Å²) in [6.07, 6.45) is 8.76. The second kappa shape index (κ2) is 9.70. The molecule has 1 aliphatic carbocycles. The summed E-state index contributed by atoms with van der Waals surface area (Å²) in [6, 6.07) is -0.171. The van der Waals surface area contributed by atoms with E-state index in [0.29, 0.717) is 44.1 Å². The number of hydrogen-bond acceptors (Lipinski definition) is 9. The first-order valence-corrected chi connectivity index (χ1v) is 11.3. The summed E-state index contributed by atoms with van der Waals surface area (Å²) in [4.78, 5) is 8.49. The van der Waals surface area contributed by atoms with Gasteiger partial charge in [0.1, 0.15) is 11.4 Å². The van der Waals surface area contributed by atoms with E-state index in [0.717, 1.165) is 24.4 Å². The molecule has 0 aromatic heterocycles. The monoisotopic (exact) mass is 470 g/mol. The molecule has 4 aliphatic rings. The van der Waals surface area contributed by atoms with Gasteiger partial charge in [-0.05, 0) is 44.9 Å². The first-order chi connectivity index (χ1) is 16.3. The zero-order valence-electron chi connectivity index (χ0n) is 19.5. The fraction of sp³-hybridized carbons (Fsp3) is 0.478. The maximum absolute atomic E-state index is 14.7. The Balaban J connectivity index is 1.37. The smallest absolute Gasteiger partial charge is 0.188 e. The Morgan fingerprint density at radius 1 is 1.38 bits per heavy atom. The van der Waals surface area contributed by atoms with Crippen molar-refractivity contribution in [2.24, 2.45) is 15.2 Å².